The maximum Gasteiger partial charge on any atom is 0.263 e. The van der Waals surface area contributed by atoms with Crippen molar-refractivity contribution in [1.82, 2.24) is 9.71 Å². The number of nitrogens with zero attached hydrogens (tertiary/aromatic N) is 2. The van der Waals surface area contributed by atoms with Crippen molar-refractivity contribution in [3.05, 3.63) is 100 Å². The van der Waals surface area contributed by atoms with Crippen LogP contribution < -0.4 is 14.4 Å². The number of carbonyl (C=O) groups excluding carboxylic acids is 1. The van der Waals surface area contributed by atoms with Gasteiger partial charge < -0.3 is 14.7 Å². The zero-order valence-corrected chi connectivity index (χ0v) is 29.4. The predicted molar refractivity (Wildman–Crippen MR) is 190 cm³/mol. The van der Waals surface area contributed by atoms with Crippen LogP contribution >= 0.6 is 11.6 Å². The van der Waals surface area contributed by atoms with E-state index in [1.54, 1.807) is 12.1 Å². The quantitative estimate of drug-likeness (QED) is 0.208. The number of rotatable bonds is 1. The van der Waals surface area contributed by atoms with Crippen LogP contribution in [0.4, 0.5) is 10.1 Å². The molecule has 7 rings (SSSR count). The van der Waals surface area contributed by atoms with E-state index in [2.05, 4.69) is 45.8 Å². The average Bonchev–Trinajstić information content (AvgIpc) is 3.22. The van der Waals surface area contributed by atoms with E-state index in [0.29, 0.717) is 24.5 Å². The fourth-order valence-corrected chi connectivity index (χ4v) is 9.20. The lowest BCUT2D eigenvalue weighted by Gasteiger charge is -2.46. The number of nitrogens with one attached hydrogen (secondary N) is 1. The molecule has 48 heavy (non-hydrogen) atoms. The van der Waals surface area contributed by atoms with Gasteiger partial charge in [-0.1, -0.05) is 42.8 Å². The second kappa shape index (κ2) is 14.7. The molecular weight excluding hydrogens is 649 g/mol. The summed E-state index contributed by atoms with van der Waals surface area (Å²) in [6, 6.07) is 16.9. The third-order valence-corrected chi connectivity index (χ3v) is 12.7. The second-order valence-electron chi connectivity index (χ2n) is 13.8. The summed E-state index contributed by atoms with van der Waals surface area (Å²) in [7, 11) is -0.569. The van der Waals surface area contributed by atoms with Gasteiger partial charge in [-0.2, -0.15) is 4.39 Å². The van der Waals surface area contributed by atoms with Crippen LogP contribution in [0.5, 0.6) is 5.75 Å². The van der Waals surface area contributed by atoms with Crippen LogP contribution in [0.15, 0.2) is 66.7 Å². The Morgan fingerprint density at radius 2 is 1.96 bits per heavy atom. The van der Waals surface area contributed by atoms with E-state index in [-0.39, 0.29) is 34.3 Å². The molecule has 2 aliphatic heterocycles. The molecule has 1 amide bonds. The van der Waals surface area contributed by atoms with E-state index in [1.807, 2.05) is 31.2 Å². The summed E-state index contributed by atoms with van der Waals surface area (Å²) in [6.07, 6.45) is 10.1. The number of benzene rings is 2. The van der Waals surface area contributed by atoms with Gasteiger partial charge in [-0.15, -0.1) is 0 Å². The van der Waals surface area contributed by atoms with Gasteiger partial charge >= 0.3 is 0 Å². The predicted octanol–water partition coefficient (Wildman–Crippen LogP) is 7.14. The molecule has 1 saturated carbocycles. The Bertz CT molecular complexity index is 1700. The number of halogens is 2. The van der Waals surface area contributed by atoms with Gasteiger partial charge in [-0.25, -0.2) is 9.19 Å². The average molecular weight is 694 g/mol. The molecule has 0 saturated heterocycles. The molecule has 7 nitrogen and oxygen atoms in total. The highest BCUT2D eigenvalue weighted by atomic mass is 35.5. The Hall–Kier alpha value is -3.27. The van der Waals surface area contributed by atoms with E-state index in [9.17, 15) is 13.4 Å². The monoisotopic (exact) mass is 693 g/mol. The number of carbonyl (C=O) groups is 1. The fraction of sp³-hybridized carbons (Fsp3) is 0.474. The summed E-state index contributed by atoms with van der Waals surface area (Å²) in [5, 5.41) is 7.49. The number of anilines is 1. The molecule has 1 fully saturated rings. The first-order valence-electron chi connectivity index (χ1n) is 17.0. The second-order valence-corrected chi connectivity index (χ2v) is 15.8. The van der Waals surface area contributed by atoms with Crippen molar-refractivity contribution in [2.75, 3.05) is 31.7 Å². The number of hydrogen-bond donors (Lipinski definition) is 2. The van der Waals surface area contributed by atoms with Crippen molar-refractivity contribution in [2.45, 2.75) is 69.0 Å². The van der Waals surface area contributed by atoms with Crippen LogP contribution in [0.25, 0.3) is 0 Å². The van der Waals surface area contributed by atoms with E-state index < -0.39 is 16.9 Å². The van der Waals surface area contributed by atoms with Gasteiger partial charge in [0.05, 0.1) is 23.2 Å². The van der Waals surface area contributed by atoms with Crippen LogP contribution in [-0.2, 0) is 22.8 Å². The van der Waals surface area contributed by atoms with Gasteiger partial charge in [-0.05, 0) is 117 Å². The number of aromatic nitrogens is 1. The molecule has 0 radical (unpaired) electrons. The maximum atomic E-state index is 14.4. The van der Waals surface area contributed by atoms with E-state index in [4.69, 9.17) is 21.4 Å². The lowest BCUT2D eigenvalue weighted by Crippen LogP contribution is -2.49. The first-order valence-corrected chi connectivity index (χ1v) is 18.6. The van der Waals surface area contributed by atoms with Gasteiger partial charge in [0.2, 0.25) is 5.95 Å². The highest BCUT2D eigenvalue weighted by molar-refractivity contribution is 7.84. The SMILES string of the molecule is CC1C/C=C/C(c2cccc(F)n2)C2CCC2CN2C[C@@]3(CCCc4cc(Cl)ccc43)COc3ccc(cc32)C(=O)NS(=O)C1C.CO. The van der Waals surface area contributed by atoms with Crippen LogP contribution in [-0.4, -0.2) is 52.3 Å². The molecule has 2 N–H and O–H groups in total. The first-order chi connectivity index (χ1) is 23.2. The number of fused-ring (bicyclic) bond motifs is 4. The smallest absolute Gasteiger partial charge is 0.263 e. The molecular formula is C38H45ClFN3O4S. The van der Waals surface area contributed by atoms with Gasteiger partial charge in [-0.3, -0.25) is 9.52 Å². The molecule has 256 valence electrons. The molecule has 7 atom stereocenters. The molecule has 3 aromatic rings. The fourth-order valence-electron chi connectivity index (χ4n) is 7.99. The zero-order valence-electron chi connectivity index (χ0n) is 27.8. The van der Waals surface area contributed by atoms with Crippen LogP contribution in [0, 0.1) is 23.7 Å². The van der Waals surface area contributed by atoms with E-state index in [1.165, 1.54) is 17.2 Å². The van der Waals surface area contributed by atoms with Crippen LogP contribution in [0.3, 0.4) is 0 Å². The van der Waals surface area contributed by atoms with Gasteiger partial charge in [0.1, 0.15) is 16.7 Å². The third kappa shape index (κ3) is 6.92. The Labute approximate surface area is 290 Å². The number of allylic oxidation sites excluding steroid dienone is 2. The number of amides is 1. The van der Waals surface area contributed by atoms with Gasteiger partial charge in [0.25, 0.3) is 5.91 Å². The molecule has 1 spiro atoms. The van der Waals surface area contributed by atoms with E-state index >= 15 is 0 Å². The molecule has 2 bridgehead atoms. The van der Waals surface area contributed by atoms with Crippen molar-refractivity contribution in [1.29, 1.82) is 0 Å². The number of ether oxygens (including phenoxy) is 1. The minimum atomic E-state index is -1.57. The molecule has 2 aromatic carbocycles. The highest BCUT2D eigenvalue weighted by Gasteiger charge is 2.44. The van der Waals surface area contributed by atoms with Crippen LogP contribution in [0.1, 0.15) is 79.0 Å². The Morgan fingerprint density at radius 3 is 2.73 bits per heavy atom. The summed E-state index contributed by atoms with van der Waals surface area (Å²) in [5.41, 5.74) is 4.42. The normalized spacial score (nSPS) is 30.6. The molecule has 3 heterocycles. The number of aliphatic hydroxyl groups excluding tert-OH is 1. The van der Waals surface area contributed by atoms with Crippen LogP contribution in [0.2, 0.25) is 5.02 Å². The Balaban J connectivity index is 0.00000197. The van der Waals surface area contributed by atoms with Gasteiger partial charge in [0.15, 0.2) is 0 Å². The van der Waals surface area contributed by atoms with Gasteiger partial charge in [0, 0.05) is 42.1 Å². The Morgan fingerprint density at radius 1 is 1.12 bits per heavy atom. The summed E-state index contributed by atoms with van der Waals surface area (Å²) in [4.78, 5) is 20.2. The standard InChI is InChI=1S/C37H41ClFN3O3S.CH4O/c1-23-6-3-8-30(32-9-4-10-35(39)40-32)29-14-11-27(29)20-42-21-37(17-5-7-25-18-28(38)13-15-31(25)37)22-45-34-16-12-26(19-33(34)42)36(43)41-46(44)24(23)2;1-2/h3-4,8-10,12-13,15-16,18-19,23-24,27,29-30H,5-7,11,14,17,20-22H2,1-2H3,(H,41,43);2H,1H3/b8-3+;/t23?,24?,27?,29?,30?,37-,46?;/m0./s1. The summed E-state index contributed by atoms with van der Waals surface area (Å²) in [5.74, 6) is 0.583. The van der Waals surface area contributed by atoms with Crippen molar-refractivity contribution < 1.29 is 23.2 Å². The maximum absolute atomic E-state index is 14.4. The van der Waals surface area contributed by atoms with E-state index in [0.717, 1.165) is 74.5 Å². The zero-order chi connectivity index (χ0) is 34.0. The number of aryl methyl sites for hydroxylation is 1. The highest BCUT2D eigenvalue weighted by Crippen LogP contribution is 2.49. The minimum Gasteiger partial charge on any atom is -0.490 e. The van der Waals surface area contributed by atoms with Crippen molar-refractivity contribution in [3.8, 4) is 5.75 Å². The van der Waals surface area contributed by atoms with Crippen molar-refractivity contribution in [3.63, 3.8) is 0 Å². The molecule has 2 aliphatic carbocycles. The Kier molecular flexibility index (Phi) is 10.6. The topological polar surface area (TPSA) is 91.8 Å². The number of hydrogen-bond acceptors (Lipinski definition) is 6. The largest absolute Gasteiger partial charge is 0.490 e. The minimum absolute atomic E-state index is 0.0318. The summed E-state index contributed by atoms with van der Waals surface area (Å²) < 4.78 is 37.1. The molecule has 4 aliphatic rings. The number of aliphatic hydroxyl groups is 1. The molecule has 6 unspecified atom stereocenters. The third-order valence-electron chi connectivity index (χ3n) is 11.0. The summed E-state index contributed by atoms with van der Waals surface area (Å²) in [6.45, 7) is 6.00. The molecule has 10 heteroatoms. The lowest BCUT2D eigenvalue weighted by atomic mass is 9.65. The first kappa shape index (κ1) is 34.6. The summed E-state index contributed by atoms with van der Waals surface area (Å²) >= 11 is 6.44. The van der Waals surface area contributed by atoms with Crippen molar-refractivity contribution >= 4 is 34.2 Å². The molecule has 1 aromatic heterocycles. The lowest BCUT2D eigenvalue weighted by molar-refractivity contribution is 0.0982. The number of pyridine rings is 1. The van der Waals surface area contributed by atoms with Crippen molar-refractivity contribution in [2.24, 2.45) is 17.8 Å².